The Hall–Kier alpha value is -3.30. The molecule has 4 aromatic rings. The van der Waals surface area contributed by atoms with Gasteiger partial charge < -0.3 is 0 Å². The van der Waals surface area contributed by atoms with Crippen LogP contribution < -0.4 is 0 Å². The fourth-order valence-corrected chi connectivity index (χ4v) is 4.62. The molecule has 1 aliphatic rings. The second-order valence-corrected chi connectivity index (χ2v) is 7.47. The van der Waals surface area contributed by atoms with Gasteiger partial charge in [0.2, 0.25) is 0 Å². The Labute approximate surface area is 171 Å². The zero-order valence-corrected chi connectivity index (χ0v) is 16.3. The molecule has 0 saturated carbocycles. The van der Waals surface area contributed by atoms with E-state index in [1.54, 1.807) is 6.33 Å². The largest absolute Gasteiger partial charge is 0.280 e. The third-order valence-corrected chi connectivity index (χ3v) is 5.92. The van der Waals surface area contributed by atoms with E-state index in [4.69, 9.17) is 0 Å². The molecule has 5 rings (SSSR count). The highest BCUT2D eigenvalue weighted by Gasteiger charge is 2.43. The van der Waals surface area contributed by atoms with E-state index >= 15 is 0 Å². The molecule has 0 bridgehead atoms. The van der Waals surface area contributed by atoms with E-state index in [1.165, 1.54) is 22.3 Å². The number of nitrogens with zero attached hydrogens (tertiary/aromatic N) is 3. The fraction of sp³-hybridized carbons (Fsp3) is 0.154. The highest BCUT2D eigenvalue weighted by molar-refractivity contribution is 5.50. The SMILES string of the molecule is c1ccc(C(c2ccccc2)(c2ccccc2)N2CCc3cncnc3C2)cc1. The third kappa shape index (κ3) is 3.04. The Morgan fingerprint density at radius 1 is 0.690 bits per heavy atom. The number of fused-ring (bicyclic) bond motifs is 1. The molecule has 0 fully saturated rings. The van der Waals surface area contributed by atoms with Crippen LogP contribution >= 0.6 is 0 Å². The number of benzene rings is 3. The summed E-state index contributed by atoms with van der Waals surface area (Å²) in [5.74, 6) is 0. The van der Waals surface area contributed by atoms with Crippen molar-refractivity contribution < 1.29 is 0 Å². The lowest BCUT2D eigenvalue weighted by Crippen LogP contribution is -2.50. The molecule has 0 amide bonds. The first kappa shape index (κ1) is 17.8. The Morgan fingerprint density at radius 3 is 1.72 bits per heavy atom. The standard InChI is InChI=1S/C26H23N3/c1-4-10-22(11-5-1)26(23-12-6-2-7-13-23,24-14-8-3-9-15-24)29-17-16-21-18-27-20-28-25(21)19-29/h1-15,18,20H,16-17,19H2. The van der Waals surface area contributed by atoms with Crippen molar-refractivity contribution in [1.29, 1.82) is 0 Å². The van der Waals surface area contributed by atoms with Gasteiger partial charge in [-0.15, -0.1) is 0 Å². The van der Waals surface area contributed by atoms with E-state index < -0.39 is 0 Å². The normalized spacial score (nSPS) is 14.3. The van der Waals surface area contributed by atoms with Crippen LogP contribution in [0.15, 0.2) is 104 Å². The minimum Gasteiger partial charge on any atom is -0.280 e. The van der Waals surface area contributed by atoms with Gasteiger partial charge in [0, 0.05) is 19.3 Å². The lowest BCUT2D eigenvalue weighted by atomic mass is 9.74. The highest BCUT2D eigenvalue weighted by Crippen LogP contribution is 2.44. The smallest absolute Gasteiger partial charge is 0.115 e. The molecule has 0 aliphatic carbocycles. The molecule has 3 heteroatoms. The molecular formula is C26H23N3. The van der Waals surface area contributed by atoms with Crippen LogP contribution in [0.4, 0.5) is 0 Å². The minimum atomic E-state index is -0.383. The van der Waals surface area contributed by atoms with Gasteiger partial charge >= 0.3 is 0 Å². The minimum absolute atomic E-state index is 0.383. The van der Waals surface area contributed by atoms with Crippen LogP contribution in [0.25, 0.3) is 0 Å². The number of hydrogen-bond acceptors (Lipinski definition) is 3. The van der Waals surface area contributed by atoms with E-state index in [2.05, 4.69) is 106 Å². The van der Waals surface area contributed by atoms with Crippen LogP contribution in [0.3, 0.4) is 0 Å². The summed E-state index contributed by atoms with van der Waals surface area (Å²) in [5, 5.41) is 0. The summed E-state index contributed by atoms with van der Waals surface area (Å²) in [6, 6.07) is 32.5. The van der Waals surface area contributed by atoms with Gasteiger partial charge in [-0.3, -0.25) is 4.90 Å². The van der Waals surface area contributed by atoms with Crippen molar-refractivity contribution >= 4 is 0 Å². The first-order chi connectivity index (χ1) is 14.4. The van der Waals surface area contributed by atoms with Gasteiger partial charge in [-0.1, -0.05) is 91.0 Å². The van der Waals surface area contributed by atoms with Crippen LogP contribution in [-0.2, 0) is 18.5 Å². The van der Waals surface area contributed by atoms with Crippen LogP contribution in [0.1, 0.15) is 27.9 Å². The maximum atomic E-state index is 4.61. The van der Waals surface area contributed by atoms with E-state index in [9.17, 15) is 0 Å². The third-order valence-electron chi connectivity index (χ3n) is 5.92. The summed E-state index contributed by atoms with van der Waals surface area (Å²) >= 11 is 0. The maximum absolute atomic E-state index is 4.61. The molecule has 0 radical (unpaired) electrons. The van der Waals surface area contributed by atoms with Crippen LogP contribution in [0, 0.1) is 0 Å². The van der Waals surface area contributed by atoms with Crippen molar-refractivity contribution in [2.45, 2.75) is 18.5 Å². The quantitative estimate of drug-likeness (QED) is 0.477. The molecule has 0 spiro atoms. The summed E-state index contributed by atoms with van der Waals surface area (Å²) in [7, 11) is 0. The molecule has 3 nitrogen and oxygen atoms in total. The van der Waals surface area contributed by atoms with Crippen LogP contribution in [-0.4, -0.2) is 21.4 Å². The lowest BCUT2D eigenvalue weighted by molar-refractivity contribution is 0.137. The Balaban J connectivity index is 1.77. The second-order valence-electron chi connectivity index (χ2n) is 7.47. The van der Waals surface area contributed by atoms with E-state index in [1.807, 2.05) is 6.20 Å². The zero-order valence-electron chi connectivity index (χ0n) is 16.3. The van der Waals surface area contributed by atoms with Crippen molar-refractivity contribution in [2.75, 3.05) is 6.54 Å². The Kier molecular flexibility index (Phi) is 4.66. The predicted octanol–water partition coefficient (Wildman–Crippen LogP) is 4.83. The molecular weight excluding hydrogens is 354 g/mol. The highest BCUT2D eigenvalue weighted by atomic mass is 15.2. The molecule has 3 aromatic carbocycles. The summed E-state index contributed by atoms with van der Waals surface area (Å²) in [4.78, 5) is 11.4. The zero-order chi connectivity index (χ0) is 19.5. The molecule has 0 unspecified atom stereocenters. The van der Waals surface area contributed by atoms with Gasteiger partial charge in [-0.25, -0.2) is 9.97 Å². The van der Waals surface area contributed by atoms with Gasteiger partial charge in [-0.2, -0.15) is 0 Å². The van der Waals surface area contributed by atoms with Crippen LogP contribution in [0.5, 0.6) is 0 Å². The van der Waals surface area contributed by atoms with E-state index in [0.29, 0.717) is 0 Å². The first-order valence-corrected chi connectivity index (χ1v) is 10.1. The van der Waals surface area contributed by atoms with Gasteiger partial charge in [0.15, 0.2) is 0 Å². The maximum Gasteiger partial charge on any atom is 0.115 e. The van der Waals surface area contributed by atoms with Crippen LogP contribution in [0.2, 0.25) is 0 Å². The summed E-state index contributed by atoms with van der Waals surface area (Å²) < 4.78 is 0. The van der Waals surface area contributed by atoms with Crippen molar-refractivity contribution in [3.05, 3.63) is 131 Å². The summed E-state index contributed by atoms with van der Waals surface area (Å²) in [5.41, 5.74) is 5.82. The molecule has 142 valence electrons. The molecule has 0 saturated heterocycles. The molecule has 1 aliphatic heterocycles. The molecule has 2 heterocycles. The first-order valence-electron chi connectivity index (χ1n) is 10.1. The van der Waals surface area contributed by atoms with E-state index in [0.717, 1.165) is 25.2 Å². The Bertz CT molecular complexity index is 982. The summed E-state index contributed by atoms with van der Waals surface area (Å²) in [6.07, 6.45) is 4.58. The van der Waals surface area contributed by atoms with Gasteiger partial charge in [0.1, 0.15) is 6.33 Å². The monoisotopic (exact) mass is 377 g/mol. The predicted molar refractivity (Wildman–Crippen MR) is 115 cm³/mol. The van der Waals surface area contributed by atoms with Gasteiger partial charge in [0.05, 0.1) is 11.2 Å². The topological polar surface area (TPSA) is 29.0 Å². The van der Waals surface area contributed by atoms with E-state index in [-0.39, 0.29) is 5.54 Å². The second kappa shape index (κ2) is 7.61. The molecule has 1 aromatic heterocycles. The van der Waals surface area contributed by atoms with Crippen molar-refractivity contribution in [3.63, 3.8) is 0 Å². The average molecular weight is 377 g/mol. The Morgan fingerprint density at radius 2 is 1.21 bits per heavy atom. The average Bonchev–Trinajstić information content (AvgIpc) is 2.82. The fourth-order valence-electron chi connectivity index (χ4n) is 4.62. The number of hydrogen-bond donors (Lipinski definition) is 0. The number of aromatic nitrogens is 2. The molecule has 0 N–H and O–H groups in total. The molecule has 0 atom stereocenters. The lowest BCUT2D eigenvalue weighted by Gasteiger charge is -2.47. The number of rotatable bonds is 4. The van der Waals surface area contributed by atoms with Gasteiger partial charge in [-0.05, 0) is 28.7 Å². The summed E-state index contributed by atoms with van der Waals surface area (Å²) in [6.45, 7) is 1.73. The van der Waals surface area contributed by atoms with Crippen molar-refractivity contribution in [3.8, 4) is 0 Å². The van der Waals surface area contributed by atoms with Crippen molar-refractivity contribution in [2.24, 2.45) is 0 Å². The molecule has 29 heavy (non-hydrogen) atoms. The van der Waals surface area contributed by atoms with Crippen molar-refractivity contribution in [1.82, 2.24) is 14.9 Å². The van der Waals surface area contributed by atoms with Gasteiger partial charge in [0.25, 0.3) is 0 Å².